The first-order valence-corrected chi connectivity index (χ1v) is 8.11. The van der Waals surface area contributed by atoms with E-state index in [9.17, 15) is 4.79 Å². The molecule has 0 unspecified atom stereocenters. The number of carbonyl (C=O) groups excluding carboxylic acids is 1. The average Bonchev–Trinajstić information content (AvgIpc) is 2.97. The lowest BCUT2D eigenvalue weighted by Crippen LogP contribution is -2.27. The monoisotopic (exact) mass is 317 g/mol. The van der Waals surface area contributed by atoms with E-state index in [2.05, 4.69) is 24.0 Å². The predicted octanol–water partition coefficient (Wildman–Crippen LogP) is 2.38. The standard InChI is InChI=1S/C17H27N5O/c1-7-21-15(5)16(14(4)19-21)11-20(6)17(23)8-9-22-13(3)10-12(2)18-22/h10H,7-9,11H2,1-6H3. The number of amides is 1. The van der Waals surface area contributed by atoms with Gasteiger partial charge in [-0.3, -0.25) is 14.2 Å². The largest absolute Gasteiger partial charge is 0.341 e. The second kappa shape index (κ2) is 6.98. The molecule has 2 aromatic heterocycles. The van der Waals surface area contributed by atoms with Crippen LogP contribution in [0.4, 0.5) is 0 Å². The fourth-order valence-electron chi connectivity index (χ4n) is 2.89. The lowest BCUT2D eigenvalue weighted by Gasteiger charge is -2.18. The van der Waals surface area contributed by atoms with E-state index >= 15 is 0 Å². The van der Waals surface area contributed by atoms with Crippen molar-refractivity contribution in [3.05, 3.63) is 34.4 Å². The lowest BCUT2D eigenvalue weighted by atomic mass is 10.2. The molecule has 1 amide bonds. The molecule has 126 valence electrons. The fourth-order valence-corrected chi connectivity index (χ4v) is 2.89. The van der Waals surface area contributed by atoms with E-state index in [1.54, 1.807) is 4.90 Å². The summed E-state index contributed by atoms with van der Waals surface area (Å²) >= 11 is 0. The topological polar surface area (TPSA) is 56.0 Å². The fraction of sp³-hybridized carbons (Fsp3) is 0.588. The minimum atomic E-state index is 0.126. The Bertz CT molecular complexity index is 698. The Morgan fingerprint density at radius 3 is 2.39 bits per heavy atom. The highest BCUT2D eigenvalue weighted by Crippen LogP contribution is 2.15. The molecule has 0 N–H and O–H groups in total. The first kappa shape index (κ1) is 17.2. The first-order valence-electron chi connectivity index (χ1n) is 8.11. The minimum absolute atomic E-state index is 0.126. The average molecular weight is 317 g/mol. The predicted molar refractivity (Wildman–Crippen MR) is 90.2 cm³/mol. The number of rotatable bonds is 6. The second-order valence-corrected chi connectivity index (χ2v) is 6.12. The van der Waals surface area contributed by atoms with Gasteiger partial charge in [-0.2, -0.15) is 10.2 Å². The van der Waals surface area contributed by atoms with E-state index in [0.29, 0.717) is 19.5 Å². The van der Waals surface area contributed by atoms with E-state index in [4.69, 9.17) is 0 Å². The zero-order valence-corrected chi connectivity index (χ0v) is 15.1. The van der Waals surface area contributed by atoms with Gasteiger partial charge in [0.2, 0.25) is 5.91 Å². The van der Waals surface area contributed by atoms with Crippen LogP contribution in [0.1, 0.15) is 41.7 Å². The van der Waals surface area contributed by atoms with Crippen LogP contribution in [0.3, 0.4) is 0 Å². The summed E-state index contributed by atoms with van der Waals surface area (Å²) in [5.41, 5.74) is 5.37. The highest BCUT2D eigenvalue weighted by Gasteiger charge is 2.16. The molecular formula is C17H27N5O. The minimum Gasteiger partial charge on any atom is -0.341 e. The summed E-state index contributed by atoms with van der Waals surface area (Å²) in [6.45, 7) is 12.2. The van der Waals surface area contributed by atoms with Gasteiger partial charge in [0.25, 0.3) is 0 Å². The molecule has 0 spiro atoms. The van der Waals surface area contributed by atoms with Gasteiger partial charge in [-0.25, -0.2) is 0 Å². The van der Waals surface area contributed by atoms with Crippen LogP contribution >= 0.6 is 0 Å². The maximum absolute atomic E-state index is 12.4. The van der Waals surface area contributed by atoms with Crippen molar-refractivity contribution >= 4 is 5.91 Å². The number of aryl methyl sites for hydroxylation is 5. The Hall–Kier alpha value is -2.11. The van der Waals surface area contributed by atoms with Crippen LogP contribution in [0.15, 0.2) is 6.07 Å². The normalized spacial score (nSPS) is 11.0. The van der Waals surface area contributed by atoms with Crippen molar-refractivity contribution in [2.45, 2.75) is 60.7 Å². The first-order chi connectivity index (χ1) is 10.8. The summed E-state index contributed by atoms with van der Waals surface area (Å²) in [5.74, 6) is 0.126. The Balaban J connectivity index is 1.98. The van der Waals surface area contributed by atoms with Crippen molar-refractivity contribution in [2.75, 3.05) is 7.05 Å². The Kier molecular flexibility index (Phi) is 5.23. The Labute approximate surface area is 138 Å². The zero-order chi connectivity index (χ0) is 17.1. The summed E-state index contributed by atoms with van der Waals surface area (Å²) in [4.78, 5) is 14.2. The highest BCUT2D eigenvalue weighted by atomic mass is 16.2. The molecule has 6 heteroatoms. The van der Waals surface area contributed by atoms with Gasteiger partial charge in [0.1, 0.15) is 0 Å². The van der Waals surface area contributed by atoms with E-state index in [1.165, 1.54) is 0 Å². The number of hydrogen-bond acceptors (Lipinski definition) is 3. The number of carbonyl (C=O) groups is 1. The molecular weight excluding hydrogens is 290 g/mol. The molecule has 0 aliphatic heterocycles. The van der Waals surface area contributed by atoms with Gasteiger partial charge in [-0.1, -0.05) is 0 Å². The van der Waals surface area contributed by atoms with Crippen molar-refractivity contribution in [1.29, 1.82) is 0 Å². The van der Waals surface area contributed by atoms with Crippen LogP contribution in [0.5, 0.6) is 0 Å². The third-order valence-corrected chi connectivity index (χ3v) is 4.29. The molecule has 0 saturated carbocycles. The molecule has 0 aromatic carbocycles. The Morgan fingerprint density at radius 2 is 1.87 bits per heavy atom. The van der Waals surface area contributed by atoms with Crippen molar-refractivity contribution in [3.63, 3.8) is 0 Å². The van der Waals surface area contributed by atoms with Gasteiger partial charge in [0.05, 0.1) is 11.4 Å². The van der Waals surface area contributed by atoms with Crippen molar-refractivity contribution < 1.29 is 4.79 Å². The lowest BCUT2D eigenvalue weighted by molar-refractivity contribution is -0.130. The summed E-state index contributed by atoms with van der Waals surface area (Å²) < 4.78 is 3.88. The molecule has 0 aliphatic carbocycles. The van der Waals surface area contributed by atoms with Crippen LogP contribution in [-0.2, 0) is 24.4 Å². The van der Waals surface area contributed by atoms with Crippen molar-refractivity contribution in [2.24, 2.45) is 0 Å². The van der Waals surface area contributed by atoms with Gasteiger partial charge in [0, 0.05) is 50.1 Å². The highest BCUT2D eigenvalue weighted by molar-refractivity contribution is 5.75. The van der Waals surface area contributed by atoms with Crippen LogP contribution in [-0.4, -0.2) is 37.4 Å². The van der Waals surface area contributed by atoms with Gasteiger partial charge in [0.15, 0.2) is 0 Å². The molecule has 0 fully saturated rings. The van der Waals surface area contributed by atoms with Crippen LogP contribution < -0.4 is 0 Å². The Morgan fingerprint density at radius 1 is 1.17 bits per heavy atom. The quantitative estimate of drug-likeness (QED) is 0.822. The third kappa shape index (κ3) is 3.81. The summed E-state index contributed by atoms with van der Waals surface area (Å²) in [5, 5.41) is 8.91. The molecule has 0 atom stereocenters. The smallest absolute Gasteiger partial charge is 0.224 e. The SMILES string of the molecule is CCn1nc(C)c(CN(C)C(=O)CCn2nc(C)cc2C)c1C. The molecule has 2 rings (SSSR count). The van der Waals surface area contributed by atoms with Crippen LogP contribution in [0.25, 0.3) is 0 Å². The molecule has 0 radical (unpaired) electrons. The molecule has 2 aromatic rings. The summed E-state index contributed by atoms with van der Waals surface area (Å²) in [6.07, 6.45) is 0.457. The number of nitrogens with zero attached hydrogens (tertiary/aromatic N) is 5. The molecule has 0 bridgehead atoms. The molecule has 2 heterocycles. The van der Waals surface area contributed by atoms with Gasteiger partial charge >= 0.3 is 0 Å². The van der Waals surface area contributed by atoms with Gasteiger partial charge < -0.3 is 4.90 Å². The van der Waals surface area contributed by atoms with Gasteiger partial charge in [-0.15, -0.1) is 0 Å². The third-order valence-electron chi connectivity index (χ3n) is 4.29. The molecule has 0 saturated heterocycles. The molecule has 0 aliphatic rings. The van der Waals surface area contributed by atoms with E-state index in [-0.39, 0.29) is 5.91 Å². The second-order valence-electron chi connectivity index (χ2n) is 6.12. The van der Waals surface area contributed by atoms with E-state index in [1.807, 2.05) is 43.2 Å². The summed E-state index contributed by atoms with van der Waals surface area (Å²) in [6, 6.07) is 2.03. The van der Waals surface area contributed by atoms with E-state index in [0.717, 1.165) is 34.9 Å². The zero-order valence-electron chi connectivity index (χ0n) is 15.1. The van der Waals surface area contributed by atoms with E-state index < -0.39 is 0 Å². The van der Waals surface area contributed by atoms with Crippen LogP contribution in [0.2, 0.25) is 0 Å². The van der Waals surface area contributed by atoms with Crippen molar-refractivity contribution in [1.82, 2.24) is 24.5 Å². The number of aromatic nitrogens is 4. The maximum Gasteiger partial charge on any atom is 0.224 e. The van der Waals surface area contributed by atoms with Crippen molar-refractivity contribution in [3.8, 4) is 0 Å². The maximum atomic E-state index is 12.4. The summed E-state index contributed by atoms with van der Waals surface area (Å²) in [7, 11) is 1.85. The van der Waals surface area contributed by atoms with Crippen LogP contribution in [0, 0.1) is 27.7 Å². The molecule has 23 heavy (non-hydrogen) atoms. The van der Waals surface area contributed by atoms with Gasteiger partial charge in [-0.05, 0) is 40.7 Å². The molecule has 6 nitrogen and oxygen atoms in total. The number of hydrogen-bond donors (Lipinski definition) is 0.